The van der Waals surface area contributed by atoms with Crippen LogP contribution in [0.15, 0.2) is 41.5 Å². The van der Waals surface area contributed by atoms with E-state index in [0.717, 1.165) is 5.69 Å². The molecule has 3 aromatic heterocycles. The Bertz CT molecular complexity index is 791. The Morgan fingerprint density at radius 1 is 1.25 bits per heavy atom. The van der Waals surface area contributed by atoms with Crippen LogP contribution in [0.1, 0.15) is 11.4 Å². The lowest BCUT2D eigenvalue weighted by molar-refractivity contribution is 0.637. The first kappa shape index (κ1) is 12.5. The molecule has 0 saturated heterocycles. The van der Waals surface area contributed by atoms with Crippen LogP contribution in [-0.2, 0) is 13.0 Å². The van der Waals surface area contributed by atoms with E-state index in [1.54, 1.807) is 23.0 Å². The van der Waals surface area contributed by atoms with Crippen molar-refractivity contribution in [1.82, 2.24) is 24.4 Å². The molecule has 0 aliphatic rings. The van der Waals surface area contributed by atoms with Gasteiger partial charge in [0.05, 0.1) is 17.9 Å². The predicted molar refractivity (Wildman–Crippen MR) is 73.3 cm³/mol. The summed E-state index contributed by atoms with van der Waals surface area (Å²) >= 11 is 0. The highest BCUT2D eigenvalue weighted by Crippen LogP contribution is 2.01. The molecule has 0 spiro atoms. The Morgan fingerprint density at radius 3 is 3.00 bits per heavy atom. The molecule has 0 radical (unpaired) electrons. The van der Waals surface area contributed by atoms with E-state index in [1.807, 2.05) is 12.3 Å². The average Bonchev–Trinajstić information content (AvgIpc) is 2.87. The molecule has 3 rings (SSSR count). The van der Waals surface area contributed by atoms with Crippen molar-refractivity contribution in [2.75, 3.05) is 6.54 Å². The Labute approximate surface area is 114 Å². The van der Waals surface area contributed by atoms with Gasteiger partial charge in [-0.2, -0.15) is 0 Å². The first-order chi connectivity index (χ1) is 9.76. The van der Waals surface area contributed by atoms with Crippen LogP contribution in [-0.4, -0.2) is 30.9 Å². The van der Waals surface area contributed by atoms with E-state index in [2.05, 4.69) is 15.3 Å². The summed E-state index contributed by atoms with van der Waals surface area (Å²) in [7, 11) is 0. The minimum absolute atomic E-state index is 0.104. The lowest BCUT2D eigenvalue weighted by Crippen LogP contribution is -2.16. The zero-order valence-electron chi connectivity index (χ0n) is 10.8. The van der Waals surface area contributed by atoms with Crippen LogP contribution in [0.2, 0.25) is 0 Å². The molecule has 102 valence electrons. The number of fused-ring (bicyclic) bond motifs is 1. The third kappa shape index (κ3) is 2.43. The molecule has 0 atom stereocenters. The molecular weight excluding hydrogens is 256 g/mol. The van der Waals surface area contributed by atoms with Gasteiger partial charge >= 0.3 is 0 Å². The van der Waals surface area contributed by atoms with E-state index in [9.17, 15) is 4.79 Å². The number of nitrogens with zero attached hydrogens (tertiary/aromatic N) is 5. The molecule has 0 aromatic carbocycles. The van der Waals surface area contributed by atoms with Gasteiger partial charge in [0.1, 0.15) is 5.65 Å². The molecule has 7 nitrogen and oxygen atoms in total. The summed E-state index contributed by atoms with van der Waals surface area (Å²) in [4.78, 5) is 16.4. The van der Waals surface area contributed by atoms with Crippen LogP contribution in [0.4, 0.5) is 0 Å². The monoisotopic (exact) mass is 270 g/mol. The van der Waals surface area contributed by atoms with Gasteiger partial charge in [0.15, 0.2) is 0 Å². The van der Waals surface area contributed by atoms with Crippen molar-refractivity contribution in [3.63, 3.8) is 0 Å². The molecule has 3 heterocycles. The van der Waals surface area contributed by atoms with Gasteiger partial charge in [-0.3, -0.25) is 9.20 Å². The molecule has 7 heteroatoms. The van der Waals surface area contributed by atoms with Gasteiger partial charge in [0.25, 0.3) is 5.56 Å². The molecule has 20 heavy (non-hydrogen) atoms. The van der Waals surface area contributed by atoms with Gasteiger partial charge in [-0.15, -0.1) is 5.10 Å². The topological polar surface area (TPSA) is 91.1 Å². The van der Waals surface area contributed by atoms with Crippen LogP contribution in [0.25, 0.3) is 5.65 Å². The first-order valence-corrected chi connectivity index (χ1v) is 6.32. The van der Waals surface area contributed by atoms with Crippen LogP contribution >= 0.6 is 0 Å². The summed E-state index contributed by atoms with van der Waals surface area (Å²) in [6.45, 7) is 0.951. The van der Waals surface area contributed by atoms with E-state index in [4.69, 9.17) is 5.73 Å². The highest BCUT2D eigenvalue weighted by atomic mass is 16.1. The number of hydrogen-bond acceptors (Lipinski definition) is 5. The molecule has 0 saturated carbocycles. The smallest absolute Gasteiger partial charge is 0.258 e. The second kappa shape index (κ2) is 5.22. The highest BCUT2D eigenvalue weighted by Gasteiger charge is 2.05. The quantitative estimate of drug-likeness (QED) is 0.711. The lowest BCUT2D eigenvalue weighted by atomic mass is 10.3. The zero-order chi connectivity index (χ0) is 13.9. The summed E-state index contributed by atoms with van der Waals surface area (Å²) in [6.07, 6.45) is 4.21. The molecule has 0 aliphatic carbocycles. The minimum atomic E-state index is -0.104. The van der Waals surface area contributed by atoms with Crippen molar-refractivity contribution >= 4 is 5.65 Å². The van der Waals surface area contributed by atoms with Crippen LogP contribution < -0.4 is 11.3 Å². The fourth-order valence-corrected chi connectivity index (χ4v) is 2.03. The molecule has 0 unspecified atom stereocenters. The Hall–Kier alpha value is -2.54. The Balaban J connectivity index is 1.92. The molecule has 0 amide bonds. The summed E-state index contributed by atoms with van der Waals surface area (Å²) in [5, 5.41) is 8.01. The SMILES string of the molecule is NCCc1cn(Cc2cc(=O)n3ccccc3n2)nn1. The van der Waals surface area contributed by atoms with Crippen molar-refractivity contribution in [3.05, 3.63) is 58.4 Å². The van der Waals surface area contributed by atoms with Gasteiger partial charge in [0, 0.05) is 24.9 Å². The summed E-state index contributed by atoms with van der Waals surface area (Å²) in [5.74, 6) is 0. The Morgan fingerprint density at radius 2 is 2.15 bits per heavy atom. The second-order valence-corrected chi connectivity index (χ2v) is 4.46. The third-order valence-corrected chi connectivity index (χ3v) is 2.93. The maximum Gasteiger partial charge on any atom is 0.258 e. The van der Waals surface area contributed by atoms with Gasteiger partial charge in [0.2, 0.25) is 0 Å². The maximum absolute atomic E-state index is 12.0. The fraction of sp³-hybridized carbons (Fsp3) is 0.231. The molecule has 0 bridgehead atoms. The summed E-state index contributed by atoms with van der Waals surface area (Å²) in [6, 6.07) is 6.95. The average molecular weight is 270 g/mol. The lowest BCUT2D eigenvalue weighted by Gasteiger charge is -2.03. The standard InChI is InChI=1S/C13H14N6O/c14-5-4-10-8-18(17-16-10)9-11-7-13(20)19-6-2-1-3-12(19)15-11/h1-3,6-8H,4-5,9,14H2. The zero-order valence-corrected chi connectivity index (χ0v) is 10.8. The van der Waals surface area contributed by atoms with E-state index >= 15 is 0 Å². The number of rotatable bonds is 4. The minimum Gasteiger partial charge on any atom is -0.330 e. The summed E-state index contributed by atoms with van der Waals surface area (Å²) in [5.41, 5.74) is 7.49. The highest BCUT2D eigenvalue weighted by molar-refractivity contribution is 5.37. The van der Waals surface area contributed by atoms with Crippen molar-refractivity contribution < 1.29 is 0 Å². The van der Waals surface area contributed by atoms with Crippen LogP contribution in [0, 0.1) is 0 Å². The molecular formula is C13H14N6O. The predicted octanol–water partition coefficient (Wildman–Crippen LogP) is -0.165. The van der Waals surface area contributed by atoms with E-state index in [-0.39, 0.29) is 5.56 Å². The first-order valence-electron chi connectivity index (χ1n) is 6.32. The van der Waals surface area contributed by atoms with Crippen molar-refractivity contribution in [2.24, 2.45) is 5.73 Å². The van der Waals surface area contributed by atoms with E-state index in [1.165, 1.54) is 10.5 Å². The molecule has 2 N–H and O–H groups in total. The van der Waals surface area contributed by atoms with Crippen LogP contribution in [0.3, 0.4) is 0 Å². The van der Waals surface area contributed by atoms with Gasteiger partial charge in [-0.1, -0.05) is 11.3 Å². The Kier molecular flexibility index (Phi) is 3.26. The number of nitrogens with two attached hydrogens (primary N) is 1. The molecule has 0 aliphatic heterocycles. The van der Waals surface area contributed by atoms with Gasteiger partial charge in [-0.05, 0) is 18.7 Å². The van der Waals surface area contributed by atoms with Crippen molar-refractivity contribution in [3.8, 4) is 0 Å². The van der Waals surface area contributed by atoms with E-state index < -0.39 is 0 Å². The maximum atomic E-state index is 12.0. The molecule has 0 fully saturated rings. The van der Waals surface area contributed by atoms with Crippen molar-refractivity contribution in [2.45, 2.75) is 13.0 Å². The van der Waals surface area contributed by atoms with Gasteiger partial charge < -0.3 is 5.73 Å². The second-order valence-electron chi connectivity index (χ2n) is 4.46. The number of pyridine rings is 1. The van der Waals surface area contributed by atoms with Gasteiger partial charge in [-0.25, -0.2) is 9.67 Å². The molecule has 3 aromatic rings. The van der Waals surface area contributed by atoms with Crippen molar-refractivity contribution in [1.29, 1.82) is 0 Å². The van der Waals surface area contributed by atoms with Crippen LogP contribution in [0.5, 0.6) is 0 Å². The summed E-state index contributed by atoms with van der Waals surface area (Å²) < 4.78 is 3.16. The normalized spacial score (nSPS) is 11.1. The largest absolute Gasteiger partial charge is 0.330 e. The number of aromatic nitrogens is 5. The number of hydrogen-bond donors (Lipinski definition) is 1. The third-order valence-electron chi connectivity index (χ3n) is 2.93. The fourth-order valence-electron chi connectivity index (χ4n) is 2.03. The van der Waals surface area contributed by atoms with E-state index in [0.29, 0.717) is 30.9 Å².